The van der Waals surface area contributed by atoms with Gasteiger partial charge in [-0.25, -0.2) is 9.37 Å². The number of hydrogen-bond acceptors (Lipinski definition) is 6. The molecule has 2 aliphatic heterocycles. The number of ether oxygens (including phenoxy) is 2. The zero-order valence-corrected chi connectivity index (χ0v) is 15.8. The Balaban J connectivity index is 1.59. The lowest BCUT2D eigenvalue weighted by molar-refractivity contribution is -0.0164. The van der Waals surface area contributed by atoms with Crippen LogP contribution in [-0.2, 0) is 11.8 Å². The number of halogens is 1. The van der Waals surface area contributed by atoms with Crippen LogP contribution in [0.1, 0.15) is 11.7 Å². The molecule has 1 saturated heterocycles. The monoisotopic (exact) mass is 394 g/mol. The molecule has 0 unspecified atom stereocenters. The molecule has 2 aromatic heterocycles. The smallest absolute Gasteiger partial charge is 0.255 e. The lowest BCUT2D eigenvalue weighted by Gasteiger charge is -2.44. The first-order valence-corrected chi connectivity index (χ1v) is 9.41. The van der Waals surface area contributed by atoms with Gasteiger partial charge in [-0.3, -0.25) is 14.3 Å². The summed E-state index contributed by atoms with van der Waals surface area (Å²) in [6.45, 7) is 1.44. The molecule has 0 amide bonds. The number of aromatic nitrogens is 3. The Morgan fingerprint density at radius 1 is 1.24 bits per heavy atom. The molecule has 0 radical (unpaired) electrons. The molecule has 0 bridgehead atoms. The molecule has 5 rings (SSSR count). The summed E-state index contributed by atoms with van der Waals surface area (Å²) in [5.41, 5.74) is 1.24. The molecule has 3 aromatic rings. The fourth-order valence-corrected chi connectivity index (χ4v) is 3.97. The third-order valence-corrected chi connectivity index (χ3v) is 5.43. The Kier molecular flexibility index (Phi) is 4.28. The predicted molar refractivity (Wildman–Crippen MR) is 104 cm³/mol. The Hall–Kier alpha value is -3.26. The van der Waals surface area contributed by atoms with Crippen LogP contribution < -0.4 is 15.2 Å². The summed E-state index contributed by atoms with van der Waals surface area (Å²) >= 11 is 0. The second kappa shape index (κ2) is 6.97. The van der Waals surface area contributed by atoms with Crippen LogP contribution >= 0.6 is 0 Å². The summed E-state index contributed by atoms with van der Waals surface area (Å²) in [7, 11) is 1.67. The number of fused-ring (bicyclic) bond motifs is 3. The normalized spacial score (nSPS) is 20.6. The van der Waals surface area contributed by atoms with Crippen molar-refractivity contribution in [3.8, 4) is 17.0 Å². The number of para-hydroxylation sites is 1. The number of morpholine rings is 1. The van der Waals surface area contributed by atoms with Crippen LogP contribution in [0.4, 0.5) is 10.3 Å². The van der Waals surface area contributed by atoms with Gasteiger partial charge in [0.1, 0.15) is 18.5 Å². The second-order valence-electron chi connectivity index (χ2n) is 7.10. The van der Waals surface area contributed by atoms with Crippen molar-refractivity contribution in [2.45, 2.75) is 12.1 Å². The predicted octanol–water partition coefficient (Wildman–Crippen LogP) is 2.32. The Morgan fingerprint density at radius 2 is 2.10 bits per heavy atom. The van der Waals surface area contributed by atoms with E-state index in [9.17, 15) is 9.18 Å². The first kappa shape index (κ1) is 17.8. The Labute approximate surface area is 166 Å². The molecule has 0 spiro atoms. The van der Waals surface area contributed by atoms with E-state index in [4.69, 9.17) is 9.47 Å². The minimum absolute atomic E-state index is 0.144. The molecule has 2 atom stereocenters. The van der Waals surface area contributed by atoms with Crippen LogP contribution in [0.2, 0.25) is 0 Å². The number of anilines is 1. The van der Waals surface area contributed by atoms with Crippen LogP contribution in [0.3, 0.4) is 0 Å². The molecule has 4 heterocycles. The van der Waals surface area contributed by atoms with E-state index < -0.39 is 5.82 Å². The van der Waals surface area contributed by atoms with Gasteiger partial charge >= 0.3 is 0 Å². The molecule has 0 saturated carbocycles. The molecule has 29 heavy (non-hydrogen) atoms. The van der Waals surface area contributed by atoms with Crippen molar-refractivity contribution < 1.29 is 13.9 Å². The van der Waals surface area contributed by atoms with Crippen LogP contribution in [0, 0.1) is 5.82 Å². The van der Waals surface area contributed by atoms with E-state index in [1.54, 1.807) is 7.05 Å². The largest absolute Gasteiger partial charge is 0.491 e. The van der Waals surface area contributed by atoms with E-state index in [2.05, 4.69) is 9.97 Å². The average molecular weight is 394 g/mol. The van der Waals surface area contributed by atoms with Crippen molar-refractivity contribution in [1.82, 2.24) is 14.5 Å². The topological polar surface area (TPSA) is 69.5 Å². The van der Waals surface area contributed by atoms with Crippen molar-refractivity contribution in [3.05, 3.63) is 70.5 Å². The van der Waals surface area contributed by atoms with Gasteiger partial charge < -0.3 is 14.4 Å². The minimum atomic E-state index is -0.519. The Morgan fingerprint density at radius 3 is 2.97 bits per heavy atom. The van der Waals surface area contributed by atoms with Gasteiger partial charge in [0.05, 0.1) is 24.5 Å². The van der Waals surface area contributed by atoms with Crippen molar-refractivity contribution in [1.29, 1.82) is 0 Å². The highest BCUT2D eigenvalue weighted by Gasteiger charge is 2.40. The van der Waals surface area contributed by atoms with E-state index in [-0.39, 0.29) is 29.0 Å². The van der Waals surface area contributed by atoms with Gasteiger partial charge in [-0.05, 0) is 12.1 Å². The molecule has 0 aliphatic carbocycles. The van der Waals surface area contributed by atoms with Crippen molar-refractivity contribution in [2.24, 2.45) is 7.05 Å². The van der Waals surface area contributed by atoms with Gasteiger partial charge in [-0.2, -0.15) is 0 Å². The van der Waals surface area contributed by atoms with Gasteiger partial charge in [0.2, 0.25) is 5.95 Å². The van der Waals surface area contributed by atoms with E-state index in [0.717, 1.165) is 17.5 Å². The van der Waals surface area contributed by atoms with Crippen LogP contribution in [0.25, 0.3) is 11.3 Å². The number of benzene rings is 1. The highest BCUT2D eigenvalue weighted by Crippen LogP contribution is 2.39. The maximum atomic E-state index is 14.3. The van der Waals surface area contributed by atoms with Gasteiger partial charge in [-0.15, -0.1) is 0 Å². The molecular weight excluding hydrogens is 375 g/mol. The molecule has 8 heteroatoms. The highest BCUT2D eigenvalue weighted by molar-refractivity contribution is 5.60. The zero-order chi connectivity index (χ0) is 20.0. The number of rotatable bonds is 2. The van der Waals surface area contributed by atoms with Crippen molar-refractivity contribution in [2.75, 3.05) is 24.7 Å². The van der Waals surface area contributed by atoms with Crippen molar-refractivity contribution >= 4 is 5.95 Å². The fourth-order valence-electron chi connectivity index (χ4n) is 3.97. The molecule has 2 aliphatic rings. The number of hydrogen-bond donors (Lipinski definition) is 0. The average Bonchev–Trinajstić information content (AvgIpc) is 2.75. The summed E-state index contributed by atoms with van der Waals surface area (Å²) in [4.78, 5) is 23.1. The van der Waals surface area contributed by atoms with Gasteiger partial charge in [0.15, 0.2) is 5.82 Å². The second-order valence-corrected chi connectivity index (χ2v) is 7.10. The summed E-state index contributed by atoms with van der Waals surface area (Å²) in [6, 6.07) is 10.5. The molecule has 148 valence electrons. The summed E-state index contributed by atoms with van der Waals surface area (Å²) in [6.07, 6.45) is 2.41. The summed E-state index contributed by atoms with van der Waals surface area (Å²) in [5, 5.41) is 0. The van der Waals surface area contributed by atoms with E-state index >= 15 is 0 Å². The minimum Gasteiger partial charge on any atom is -0.491 e. The molecule has 1 fully saturated rings. The van der Waals surface area contributed by atoms with E-state index in [1.165, 1.54) is 22.9 Å². The third kappa shape index (κ3) is 2.96. The van der Waals surface area contributed by atoms with E-state index in [1.807, 2.05) is 29.2 Å². The van der Waals surface area contributed by atoms with Gasteiger partial charge in [0, 0.05) is 37.0 Å². The highest BCUT2D eigenvalue weighted by atomic mass is 19.1. The first-order valence-electron chi connectivity index (χ1n) is 9.41. The van der Waals surface area contributed by atoms with Crippen LogP contribution in [-0.4, -0.2) is 40.3 Å². The first-order chi connectivity index (χ1) is 14.1. The molecule has 7 nitrogen and oxygen atoms in total. The third-order valence-electron chi connectivity index (χ3n) is 5.43. The molecular formula is C21H19FN4O3. The SMILES string of the molecule is Cn1c(N2CCO[C@H]3c4ccccc4OC[C@@H]32)nc(-c2ccncc2F)cc1=O. The Bertz CT molecular complexity index is 1130. The van der Waals surface area contributed by atoms with Crippen LogP contribution in [0.5, 0.6) is 5.75 Å². The van der Waals surface area contributed by atoms with Crippen molar-refractivity contribution in [3.63, 3.8) is 0 Å². The summed E-state index contributed by atoms with van der Waals surface area (Å²) in [5.74, 6) is 0.754. The van der Waals surface area contributed by atoms with Gasteiger partial charge in [-0.1, -0.05) is 18.2 Å². The standard InChI is InChI=1S/C21H19FN4O3/c1-25-19(27)10-16(13-6-7-23-11-15(13)22)24-21(25)26-8-9-28-20-14-4-2-3-5-18(14)29-12-17(20)26/h2-7,10-11,17,20H,8-9,12H2,1H3/t17-,20-/m0/s1. The van der Waals surface area contributed by atoms with E-state index in [0.29, 0.717) is 25.7 Å². The van der Waals surface area contributed by atoms with Crippen LogP contribution in [0.15, 0.2) is 53.6 Å². The zero-order valence-electron chi connectivity index (χ0n) is 15.8. The maximum Gasteiger partial charge on any atom is 0.255 e. The fraction of sp³-hybridized carbons (Fsp3) is 0.286. The van der Waals surface area contributed by atoms with Gasteiger partial charge in [0.25, 0.3) is 5.56 Å². The number of pyridine rings is 1. The lowest BCUT2D eigenvalue weighted by atomic mass is 9.96. The molecule has 1 aromatic carbocycles. The maximum absolute atomic E-state index is 14.3. The lowest BCUT2D eigenvalue weighted by Crippen LogP contribution is -2.53. The molecule has 0 N–H and O–H groups in total. The summed E-state index contributed by atoms with van der Waals surface area (Å²) < 4.78 is 27.7. The number of nitrogens with zero attached hydrogens (tertiary/aromatic N) is 4. The quantitative estimate of drug-likeness (QED) is 0.665.